The largest absolute Gasteiger partial charge is 0.383 e. The number of rotatable bonds is 1. The molecule has 2 aromatic rings. The van der Waals surface area contributed by atoms with Crippen molar-refractivity contribution < 1.29 is 0 Å². The lowest BCUT2D eigenvalue weighted by molar-refractivity contribution is 0.860. The van der Waals surface area contributed by atoms with Crippen LogP contribution in [0.1, 0.15) is 17.5 Å². The van der Waals surface area contributed by atoms with Crippen LogP contribution in [-0.2, 0) is 0 Å². The highest BCUT2D eigenvalue weighted by Gasteiger charge is 2.17. The molecule has 0 atom stereocenters. The highest BCUT2D eigenvalue weighted by Crippen LogP contribution is 2.36. The van der Waals surface area contributed by atoms with E-state index in [0.29, 0.717) is 0 Å². The molecule has 0 fully saturated rings. The zero-order valence-electron chi connectivity index (χ0n) is 11.6. The molecule has 1 heterocycles. The van der Waals surface area contributed by atoms with Gasteiger partial charge >= 0.3 is 0 Å². The second kappa shape index (κ2) is 4.96. The fraction of sp³-hybridized carbons (Fsp3) is 0.294. The van der Waals surface area contributed by atoms with Gasteiger partial charge in [-0.3, -0.25) is 0 Å². The predicted molar refractivity (Wildman–Crippen MR) is 82.5 cm³/mol. The van der Waals surface area contributed by atoms with Crippen molar-refractivity contribution in [3.8, 4) is 0 Å². The van der Waals surface area contributed by atoms with Crippen molar-refractivity contribution in [2.75, 3.05) is 23.3 Å². The van der Waals surface area contributed by atoms with Gasteiger partial charge in [0.05, 0.1) is 11.4 Å². The smallest absolute Gasteiger partial charge is 0.0646 e. The van der Waals surface area contributed by atoms with Gasteiger partial charge < -0.3 is 10.2 Å². The third kappa shape index (κ3) is 2.19. The highest BCUT2D eigenvalue weighted by molar-refractivity contribution is 5.78. The number of aryl methyl sites for hydroxylation is 1. The van der Waals surface area contributed by atoms with Gasteiger partial charge in [0.1, 0.15) is 0 Å². The van der Waals surface area contributed by atoms with E-state index in [2.05, 4.69) is 66.5 Å². The van der Waals surface area contributed by atoms with Crippen LogP contribution in [0.15, 0.2) is 42.5 Å². The maximum Gasteiger partial charge on any atom is 0.0646 e. The van der Waals surface area contributed by atoms with Crippen LogP contribution in [-0.4, -0.2) is 13.1 Å². The lowest BCUT2D eigenvalue weighted by Crippen LogP contribution is -2.18. The lowest BCUT2D eigenvalue weighted by Gasteiger charge is -2.27. The minimum atomic E-state index is 1.04. The molecule has 0 saturated carbocycles. The average molecular weight is 252 g/mol. The Morgan fingerprint density at radius 2 is 1.74 bits per heavy atom. The second-order valence-electron chi connectivity index (χ2n) is 5.17. The summed E-state index contributed by atoms with van der Waals surface area (Å²) in [4.78, 5) is 2.44. The summed E-state index contributed by atoms with van der Waals surface area (Å²) < 4.78 is 0. The fourth-order valence-corrected chi connectivity index (χ4v) is 2.72. The van der Waals surface area contributed by atoms with Crippen LogP contribution in [0.4, 0.5) is 17.1 Å². The van der Waals surface area contributed by atoms with Crippen LogP contribution < -0.4 is 10.2 Å². The quantitative estimate of drug-likeness (QED) is 0.816. The summed E-state index contributed by atoms with van der Waals surface area (Å²) in [6.45, 7) is 6.50. The molecule has 19 heavy (non-hydrogen) atoms. The third-order valence-electron chi connectivity index (χ3n) is 3.94. The number of nitrogens with one attached hydrogen (secondary N) is 1. The van der Waals surface area contributed by atoms with Crippen LogP contribution in [0.25, 0.3) is 0 Å². The first kappa shape index (κ1) is 12.1. The Morgan fingerprint density at radius 1 is 0.947 bits per heavy atom. The molecule has 0 aliphatic carbocycles. The number of hydrogen-bond acceptors (Lipinski definition) is 2. The van der Waals surface area contributed by atoms with E-state index in [-0.39, 0.29) is 0 Å². The van der Waals surface area contributed by atoms with Crippen molar-refractivity contribution in [2.24, 2.45) is 0 Å². The normalized spacial score (nSPS) is 14.5. The van der Waals surface area contributed by atoms with E-state index in [1.807, 2.05) is 0 Å². The molecule has 0 amide bonds. The second-order valence-corrected chi connectivity index (χ2v) is 5.17. The Bertz CT molecular complexity index is 590. The van der Waals surface area contributed by atoms with Gasteiger partial charge in [-0.15, -0.1) is 0 Å². The standard InChI is InChI=1S/C17H20N2/c1-13-7-5-10-16(14(13)2)19-12-6-11-18-15-8-3-4-9-17(15)19/h3-5,7-10,18H,6,11-12H2,1-2H3. The topological polar surface area (TPSA) is 15.3 Å². The van der Waals surface area contributed by atoms with E-state index in [4.69, 9.17) is 0 Å². The molecule has 0 saturated heterocycles. The fourth-order valence-electron chi connectivity index (χ4n) is 2.72. The van der Waals surface area contributed by atoms with Crippen LogP contribution in [0, 0.1) is 13.8 Å². The zero-order chi connectivity index (χ0) is 13.2. The zero-order valence-corrected chi connectivity index (χ0v) is 11.6. The monoisotopic (exact) mass is 252 g/mol. The van der Waals surface area contributed by atoms with Gasteiger partial charge in [-0.1, -0.05) is 24.3 Å². The van der Waals surface area contributed by atoms with Crippen molar-refractivity contribution >= 4 is 17.1 Å². The molecule has 1 N–H and O–H groups in total. The van der Waals surface area contributed by atoms with Crippen LogP contribution in [0.2, 0.25) is 0 Å². The minimum Gasteiger partial charge on any atom is -0.383 e. The number of anilines is 3. The third-order valence-corrected chi connectivity index (χ3v) is 3.94. The molecule has 1 aliphatic rings. The van der Waals surface area contributed by atoms with Gasteiger partial charge in [0.25, 0.3) is 0 Å². The Labute approximate surface area is 115 Å². The van der Waals surface area contributed by atoms with E-state index in [1.165, 1.54) is 28.2 Å². The molecule has 2 nitrogen and oxygen atoms in total. The maximum absolute atomic E-state index is 3.52. The average Bonchev–Trinajstić information content (AvgIpc) is 2.64. The molecule has 0 unspecified atom stereocenters. The number of benzene rings is 2. The van der Waals surface area contributed by atoms with E-state index < -0.39 is 0 Å². The molecule has 0 bridgehead atoms. The highest BCUT2D eigenvalue weighted by atomic mass is 15.2. The molecule has 2 heteroatoms. The van der Waals surface area contributed by atoms with Crippen LogP contribution >= 0.6 is 0 Å². The first-order chi connectivity index (χ1) is 9.27. The van der Waals surface area contributed by atoms with Gasteiger partial charge in [-0.25, -0.2) is 0 Å². The predicted octanol–water partition coefficient (Wildman–Crippen LogP) is 4.26. The number of para-hydroxylation sites is 2. The maximum atomic E-state index is 3.52. The van der Waals surface area contributed by atoms with Gasteiger partial charge in [0.15, 0.2) is 0 Å². The molecule has 0 spiro atoms. The van der Waals surface area contributed by atoms with Crippen molar-refractivity contribution in [2.45, 2.75) is 20.3 Å². The molecule has 0 aromatic heterocycles. The summed E-state index contributed by atoms with van der Waals surface area (Å²) in [5.74, 6) is 0. The number of hydrogen-bond donors (Lipinski definition) is 1. The Balaban J connectivity index is 2.12. The van der Waals surface area contributed by atoms with Gasteiger partial charge in [-0.05, 0) is 49.6 Å². The summed E-state index contributed by atoms with van der Waals surface area (Å²) in [5.41, 5.74) is 6.58. The first-order valence-corrected chi connectivity index (χ1v) is 6.94. The van der Waals surface area contributed by atoms with E-state index in [0.717, 1.165) is 19.5 Å². The summed E-state index contributed by atoms with van der Waals surface area (Å²) in [7, 11) is 0. The lowest BCUT2D eigenvalue weighted by atomic mass is 10.1. The van der Waals surface area contributed by atoms with Crippen molar-refractivity contribution in [3.63, 3.8) is 0 Å². The Morgan fingerprint density at radius 3 is 2.63 bits per heavy atom. The van der Waals surface area contributed by atoms with Crippen molar-refractivity contribution in [1.29, 1.82) is 0 Å². The van der Waals surface area contributed by atoms with E-state index >= 15 is 0 Å². The molecule has 0 radical (unpaired) electrons. The molecule has 98 valence electrons. The van der Waals surface area contributed by atoms with Gasteiger partial charge in [0, 0.05) is 18.8 Å². The summed E-state index contributed by atoms with van der Waals surface area (Å²) in [6, 6.07) is 15.1. The molecule has 1 aliphatic heterocycles. The Hall–Kier alpha value is -1.96. The van der Waals surface area contributed by atoms with Crippen LogP contribution in [0.5, 0.6) is 0 Å². The summed E-state index contributed by atoms with van der Waals surface area (Å²) in [5, 5.41) is 3.52. The van der Waals surface area contributed by atoms with E-state index in [1.54, 1.807) is 0 Å². The number of nitrogens with zero attached hydrogens (tertiary/aromatic N) is 1. The van der Waals surface area contributed by atoms with Gasteiger partial charge in [0.2, 0.25) is 0 Å². The SMILES string of the molecule is Cc1cccc(N2CCCNc3ccccc32)c1C. The molecule has 3 rings (SSSR count). The molecule has 2 aromatic carbocycles. The molecular weight excluding hydrogens is 232 g/mol. The Kier molecular flexibility index (Phi) is 3.16. The number of fused-ring (bicyclic) bond motifs is 1. The minimum absolute atomic E-state index is 1.04. The summed E-state index contributed by atoms with van der Waals surface area (Å²) in [6.07, 6.45) is 1.15. The summed E-state index contributed by atoms with van der Waals surface area (Å²) >= 11 is 0. The van der Waals surface area contributed by atoms with Crippen molar-refractivity contribution in [1.82, 2.24) is 0 Å². The van der Waals surface area contributed by atoms with E-state index in [9.17, 15) is 0 Å². The van der Waals surface area contributed by atoms with Crippen molar-refractivity contribution in [3.05, 3.63) is 53.6 Å². The first-order valence-electron chi connectivity index (χ1n) is 6.94. The molecular formula is C17H20N2. The van der Waals surface area contributed by atoms with Gasteiger partial charge in [-0.2, -0.15) is 0 Å². The van der Waals surface area contributed by atoms with Crippen LogP contribution in [0.3, 0.4) is 0 Å².